The van der Waals surface area contributed by atoms with Crippen molar-refractivity contribution < 1.29 is 8.42 Å². The summed E-state index contributed by atoms with van der Waals surface area (Å²) in [6, 6.07) is 8.16. The Kier molecular flexibility index (Phi) is 3.48. The highest BCUT2D eigenvalue weighted by atomic mass is 32.2. The van der Waals surface area contributed by atoms with Gasteiger partial charge in [-0.2, -0.15) is 0 Å². The fraction of sp³-hybridized carbons (Fsp3) is 0.400. The minimum absolute atomic E-state index is 0.290. The molecule has 1 aromatic heterocycles. The van der Waals surface area contributed by atoms with Crippen molar-refractivity contribution in [2.75, 3.05) is 11.5 Å². The van der Waals surface area contributed by atoms with E-state index in [0.717, 1.165) is 22.0 Å². The number of sulfone groups is 1. The lowest BCUT2D eigenvalue weighted by Gasteiger charge is -2.22. The molecule has 2 aromatic rings. The zero-order chi connectivity index (χ0) is 14.2. The van der Waals surface area contributed by atoms with Crippen molar-refractivity contribution in [1.29, 1.82) is 0 Å². The normalized spacial score (nSPS) is 19.2. The number of rotatable bonds is 2. The lowest BCUT2D eigenvalue weighted by atomic mass is 9.94. The third kappa shape index (κ3) is 2.69. The molecular formula is C15H18N2O2S. The van der Waals surface area contributed by atoms with Gasteiger partial charge >= 0.3 is 0 Å². The van der Waals surface area contributed by atoms with Gasteiger partial charge in [0.05, 0.1) is 17.0 Å². The minimum Gasteiger partial charge on any atom is -0.326 e. The van der Waals surface area contributed by atoms with Gasteiger partial charge in [0.25, 0.3) is 0 Å². The van der Waals surface area contributed by atoms with E-state index in [1.807, 2.05) is 18.3 Å². The van der Waals surface area contributed by atoms with Crippen LogP contribution in [0.4, 0.5) is 0 Å². The summed E-state index contributed by atoms with van der Waals surface area (Å²) in [6.45, 7) is 0.516. The quantitative estimate of drug-likeness (QED) is 0.918. The molecule has 0 saturated carbocycles. The van der Waals surface area contributed by atoms with Crippen LogP contribution in [0.5, 0.6) is 0 Å². The minimum atomic E-state index is -2.81. The standard InChI is InChI=1S/C15H18N2O2S/c16-9-11-1-2-15-13(7-11)8-14(10-17-15)12-3-5-20(18,19)6-4-12/h1-2,7-8,10,12H,3-6,9,16H2. The molecular weight excluding hydrogens is 272 g/mol. The van der Waals surface area contributed by atoms with Gasteiger partial charge in [-0.25, -0.2) is 8.42 Å². The van der Waals surface area contributed by atoms with Crippen LogP contribution in [0.25, 0.3) is 10.9 Å². The Bertz CT molecular complexity index is 727. The first-order chi connectivity index (χ1) is 9.57. The van der Waals surface area contributed by atoms with Crippen molar-refractivity contribution in [2.45, 2.75) is 25.3 Å². The zero-order valence-electron chi connectivity index (χ0n) is 11.2. The largest absolute Gasteiger partial charge is 0.326 e. The van der Waals surface area contributed by atoms with Gasteiger partial charge in [0, 0.05) is 18.1 Å². The Morgan fingerprint density at radius 3 is 2.65 bits per heavy atom. The van der Waals surface area contributed by atoms with E-state index >= 15 is 0 Å². The maximum absolute atomic E-state index is 11.5. The SMILES string of the molecule is NCc1ccc2ncc(C3CCS(=O)(=O)CC3)cc2c1. The number of benzene rings is 1. The van der Waals surface area contributed by atoms with Crippen molar-refractivity contribution in [1.82, 2.24) is 4.98 Å². The molecule has 0 unspecified atom stereocenters. The van der Waals surface area contributed by atoms with E-state index in [2.05, 4.69) is 17.1 Å². The van der Waals surface area contributed by atoms with Gasteiger partial charge in [0.2, 0.25) is 0 Å². The van der Waals surface area contributed by atoms with Gasteiger partial charge < -0.3 is 5.73 Å². The fourth-order valence-electron chi connectivity index (χ4n) is 2.77. The Morgan fingerprint density at radius 2 is 1.95 bits per heavy atom. The molecule has 1 aliphatic heterocycles. The molecule has 4 nitrogen and oxygen atoms in total. The maximum Gasteiger partial charge on any atom is 0.150 e. The summed E-state index contributed by atoms with van der Waals surface area (Å²) in [5.41, 5.74) is 8.84. The molecule has 2 heterocycles. The van der Waals surface area contributed by atoms with Crippen molar-refractivity contribution in [2.24, 2.45) is 5.73 Å². The van der Waals surface area contributed by atoms with E-state index in [1.165, 1.54) is 0 Å². The smallest absolute Gasteiger partial charge is 0.150 e. The molecule has 0 aliphatic carbocycles. The predicted octanol–water partition coefficient (Wildman–Crippen LogP) is 1.99. The number of nitrogens with zero attached hydrogens (tertiary/aromatic N) is 1. The van der Waals surface area contributed by atoms with Crippen LogP contribution in [0.3, 0.4) is 0 Å². The summed E-state index contributed by atoms with van der Waals surface area (Å²) < 4.78 is 23.0. The summed E-state index contributed by atoms with van der Waals surface area (Å²) in [4.78, 5) is 4.48. The molecule has 0 radical (unpaired) electrons. The van der Waals surface area contributed by atoms with Crippen LogP contribution in [0, 0.1) is 0 Å². The van der Waals surface area contributed by atoms with Gasteiger partial charge in [-0.15, -0.1) is 0 Å². The number of aromatic nitrogens is 1. The molecule has 0 spiro atoms. The Labute approximate surface area is 118 Å². The predicted molar refractivity (Wildman–Crippen MR) is 80.3 cm³/mol. The monoisotopic (exact) mass is 290 g/mol. The highest BCUT2D eigenvalue weighted by Crippen LogP contribution is 2.30. The number of nitrogens with two attached hydrogens (primary N) is 1. The average molecular weight is 290 g/mol. The lowest BCUT2D eigenvalue weighted by Crippen LogP contribution is -2.22. The summed E-state index contributed by atoms with van der Waals surface area (Å²) in [7, 11) is -2.81. The molecule has 2 N–H and O–H groups in total. The highest BCUT2D eigenvalue weighted by molar-refractivity contribution is 7.91. The number of pyridine rings is 1. The van der Waals surface area contributed by atoms with Gasteiger partial charge in [-0.05, 0) is 48.1 Å². The number of hydrogen-bond donors (Lipinski definition) is 1. The van der Waals surface area contributed by atoms with E-state index in [-0.39, 0.29) is 0 Å². The van der Waals surface area contributed by atoms with E-state index in [0.29, 0.717) is 36.8 Å². The molecule has 0 atom stereocenters. The van der Waals surface area contributed by atoms with Crippen LogP contribution < -0.4 is 5.73 Å². The van der Waals surface area contributed by atoms with Crippen molar-refractivity contribution in [3.05, 3.63) is 41.6 Å². The summed E-state index contributed by atoms with van der Waals surface area (Å²) in [5, 5.41) is 1.08. The fourth-order valence-corrected chi connectivity index (χ4v) is 4.26. The third-order valence-corrected chi connectivity index (χ3v) is 5.74. The van der Waals surface area contributed by atoms with Gasteiger partial charge in [-0.1, -0.05) is 6.07 Å². The second-order valence-corrected chi connectivity index (χ2v) is 7.73. The number of fused-ring (bicyclic) bond motifs is 1. The van der Waals surface area contributed by atoms with Crippen LogP contribution in [-0.2, 0) is 16.4 Å². The summed E-state index contributed by atoms with van der Waals surface area (Å²) in [6.07, 6.45) is 3.28. The van der Waals surface area contributed by atoms with Crippen LogP contribution >= 0.6 is 0 Å². The van der Waals surface area contributed by atoms with Gasteiger partial charge in [0.15, 0.2) is 0 Å². The first kappa shape index (κ1) is 13.5. The van der Waals surface area contributed by atoms with E-state index in [1.54, 1.807) is 0 Å². The van der Waals surface area contributed by atoms with Crippen molar-refractivity contribution >= 4 is 20.7 Å². The molecule has 0 bridgehead atoms. The second kappa shape index (κ2) is 5.14. The molecule has 3 rings (SSSR count). The number of hydrogen-bond acceptors (Lipinski definition) is 4. The maximum atomic E-state index is 11.5. The van der Waals surface area contributed by atoms with Crippen LogP contribution in [-0.4, -0.2) is 24.9 Å². The summed E-state index contributed by atoms with van der Waals surface area (Å²) >= 11 is 0. The van der Waals surface area contributed by atoms with E-state index in [4.69, 9.17) is 5.73 Å². The van der Waals surface area contributed by atoms with E-state index < -0.39 is 9.84 Å². The molecule has 20 heavy (non-hydrogen) atoms. The molecule has 1 saturated heterocycles. The van der Waals surface area contributed by atoms with Gasteiger partial charge in [0.1, 0.15) is 9.84 Å². The second-order valence-electron chi connectivity index (χ2n) is 5.43. The Balaban J connectivity index is 1.92. The van der Waals surface area contributed by atoms with Crippen LogP contribution in [0.1, 0.15) is 29.9 Å². The Morgan fingerprint density at radius 1 is 1.20 bits per heavy atom. The first-order valence-corrected chi connectivity index (χ1v) is 8.68. The Hall–Kier alpha value is -1.46. The highest BCUT2D eigenvalue weighted by Gasteiger charge is 2.24. The molecule has 1 aliphatic rings. The molecule has 5 heteroatoms. The summed E-state index contributed by atoms with van der Waals surface area (Å²) in [5.74, 6) is 0.883. The van der Waals surface area contributed by atoms with E-state index in [9.17, 15) is 8.42 Å². The third-order valence-electron chi connectivity index (χ3n) is 4.03. The molecule has 1 aromatic carbocycles. The first-order valence-electron chi connectivity index (χ1n) is 6.86. The van der Waals surface area contributed by atoms with Crippen molar-refractivity contribution in [3.8, 4) is 0 Å². The lowest BCUT2D eigenvalue weighted by molar-refractivity contribution is 0.550. The van der Waals surface area contributed by atoms with Gasteiger partial charge in [-0.3, -0.25) is 4.98 Å². The zero-order valence-corrected chi connectivity index (χ0v) is 12.1. The topological polar surface area (TPSA) is 73.0 Å². The van der Waals surface area contributed by atoms with Crippen LogP contribution in [0.15, 0.2) is 30.5 Å². The molecule has 0 amide bonds. The molecule has 1 fully saturated rings. The average Bonchev–Trinajstić information content (AvgIpc) is 2.46. The molecule has 106 valence electrons. The van der Waals surface area contributed by atoms with Crippen molar-refractivity contribution in [3.63, 3.8) is 0 Å². The van der Waals surface area contributed by atoms with Crippen LogP contribution in [0.2, 0.25) is 0 Å².